The van der Waals surface area contributed by atoms with Crippen molar-refractivity contribution >= 4 is 22.3 Å². The number of para-hydroxylation sites is 1. The first-order valence-electron chi connectivity index (χ1n) is 13.0. The van der Waals surface area contributed by atoms with Crippen LogP contribution in [0, 0.1) is 11.8 Å². The second-order valence-corrected chi connectivity index (χ2v) is 9.51. The van der Waals surface area contributed by atoms with Crippen LogP contribution in [0.5, 0.6) is 0 Å². The van der Waals surface area contributed by atoms with E-state index in [0.29, 0.717) is 51.2 Å². The van der Waals surface area contributed by atoms with Gasteiger partial charge in [0.1, 0.15) is 5.56 Å². The normalized spacial score (nSPS) is 11.9. The van der Waals surface area contributed by atoms with Gasteiger partial charge in [0.05, 0.1) is 36.0 Å². The maximum atomic E-state index is 14.3. The fraction of sp³-hybridized carbons (Fsp3) is 0.129. The summed E-state index contributed by atoms with van der Waals surface area (Å²) in [4.78, 5) is 31.2. The van der Waals surface area contributed by atoms with E-state index < -0.39 is 11.8 Å². The highest BCUT2D eigenvalue weighted by molar-refractivity contribution is 6.00. The lowest BCUT2D eigenvalue weighted by Crippen LogP contribution is -2.25. The predicted molar refractivity (Wildman–Crippen MR) is 154 cm³/mol. The average molecular weight is 544 g/mol. The molecule has 4 aromatic heterocycles. The maximum Gasteiger partial charge on any atom is 0.264 e. The summed E-state index contributed by atoms with van der Waals surface area (Å²) >= 11 is 0. The van der Waals surface area contributed by atoms with Gasteiger partial charge in [-0.15, -0.1) is 0 Å². The third-order valence-electron chi connectivity index (χ3n) is 6.92. The number of primary amides is 1. The lowest BCUT2D eigenvalue weighted by atomic mass is 9.95. The molecule has 6 rings (SSSR count). The Bertz CT molecular complexity index is 2050. The van der Waals surface area contributed by atoms with Crippen LogP contribution in [0.2, 0.25) is 0 Å². The van der Waals surface area contributed by atoms with Crippen LogP contribution in [0.1, 0.15) is 45.7 Å². The van der Waals surface area contributed by atoms with Crippen LogP contribution in [0.25, 0.3) is 22.1 Å². The summed E-state index contributed by atoms with van der Waals surface area (Å²) in [6, 6.07) is 18.5. The van der Waals surface area contributed by atoms with Crippen molar-refractivity contribution < 1.29 is 9.90 Å². The van der Waals surface area contributed by atoms with Crippen molar-refractivity contribution in [2.75, 3.05) is 6.61 Å². The first-order chi connectivity index (χ1) is 20.0. The molecule has 3 N–H and O–H groups in total. The second-order valence-electron chi connectivity index (χ2n) is 9.51. The van der Waals surface area contributed by atoms with Gasteiger partial charge in [-0.3, -0.25) is 18.8 Å². The van der Waals surface area contributed by atoms with Gasteiger partial charge >= 0.3 is 0 Å². The molecule has 6 aromatic rings. The van der Waals surface area contributed by atoms with Crippen molar-refractivity contribution in [1.29, 1.82) is 0 Å². The van der Waals surface area contributed by atoms with Crippen LogP contribution >= 0.6 is 0 Å². The fourth-order valence-electron chi connectivity index (χ4n) is 5.02. The number of benzene rings is 2. The van der Waals surface area contributed by atoms with Crippen LogP contribution in [0.15, 0.2) is 90.2 Å². The van der Waals surface area contributed by atoms with Gasteiger partial charge in [-0.05, 0) is 35.7 Å². The van der Waals surface area contributed by atoms with Crippen LogP contribution in [0.3, 0.4) is 0 Å². The number of hydrogen-bond acceptors (Lipinski definition) is 6. The molecule has 41 heavy (non-hydrogen) atoms. The molecule has 2 aromatic carbocycles. The zero-order chi connectivity index (χ0) is 28.5. The summed E-state index contributed by atoms with van der Waals surface area (Å²) in [7, 11) is 0. The van der Waals surface area contributed by atoms with Crippen LogP contribution < -0.4 is 11.3 Å². The van der Waals surface area contributed by atoms with Gasteiger partial charge in [0.15, 0.2) is 5.65 Å². The highest BCUT2D eigenvalue weighted by Crippen LogP contribution is 2.31. The predicted octanol–water partition coefficient (Wildman–Crippen LogP) is 2.87. The topological polar surface area (TPSA) is 133 Å². The largest absolute Gasteiger partial charge is 0.394 e. The summed E-state index contributed by atoms with van der Waals surface area (Å²) < 4.78 is 4.77. The maximum absolute atomic E-state index is 14.3. The Kier molecular flexibility index (Phi) is 6.63. The number of rotatable bonds is 6. The molecule has 0 spiro atoms. The van der Waals surface area contributed by atoms with Gasteiger partial charge in [-0.25, -0.2) is 9.50 Å². The lowest BCUT2D eigenvalue weighted by Gasteiger charge is -2.20. The number of aliphatic hydroxyl groups is 1. The minimum Gasteiger partial charge on any atom is -0.394 e. The molecular weight excluding hydrogens is 518 g/mol. The number of carbonyl (C=O) groups is 1. The Morgan fingerprint density at radius 1 is 1.10 bits per heavy atom. The minimum absolute atomic E-state index is 0.0237. The van der Waals surface area contributed by atoms with Crippen molar-refractivity contribution in [2.24, 2.45) is 5.73 Å². The fourth-order valence-corrected chi connectivity index (χ4v) is 5.02. The van der Waals surface area contributed by atoms with Gasteiger partial charge in [-0.2, -0.15) is 10.2 Å². The van der Waals surface area contributed by atoms with E-state index in [4.69, 9.17) is 10.8 Å². The highest BCUT2D eigenvalue weighted by atomic mass is 16.3. The molecule has 0 radical (unpaired) electrons. The Balaban J connectivity index is 1.57. The Morgan fingerprint density at radius 3 is 2.71 bits per heavy atom. The highest BCUT2D eigenvalue weighted by Gasteiger charge is 2.27. The third-order valence-corrected chi connectivity index (χ3v) is 6.92. The summed E-state index contributed by atoms with van der Waals surface area (Å²) in [6.07, 6.45) is 6.65. The van der Waals surface area contributed by atoms with Gasteiger partial charge in [0.2, 0.25) is 0 Å². The molecule has 0 fully saturated rings. The summed E-state index contributed by atoms with van der Waals surface area (Å²) in [5.74, 6) is 5.08. The number of nitrogens with two attached hydrogens (primary N) is 1. The average Bonchev–Trinajstić information content (AvgIpc) is 3.60. The van der Waals surface area contributed by atoms with Gasteiger partial charge in [0.25, 0.3) is 11.5 Å². The monoisotopic (exact) mass is 543 g/mol. The second kappa shape index (κ2) is 10.6. The first kappa shape index (κ1) is 25.7. The van der Waals surface area contributed by atoms with E-state index in [9.17, 15) is 9.59 Å². The number of carbonyl (C=O) groups excluding carboxylic acids is 1. The number of fused-ring (bicyclic) bond motifs is 2. The van der Waals surface area contributed by atoms with Crippen molar-refractivity contribution in [3.63, 3.8) is 0 Å². The molecule has 10 nitrogen and oxygen atoms in total. The number of pyridine rings is 1. The molecule has 4 heterocycles. The molecule has 0 aliphatic carbocycles. The molecule has 1 atom stereocenters. The summed E-state index contributed by atoms with van der Waals surface area (Å²) in [5.41, 5.74) is 9.08. The zero-order valence-electron chi connectivity index (χ0n) is 22.1. The molecule has 0 aliphatic rings. The standard InChI is InChI=1S/C31H25N7O3/c1-20(28-27(29(32)40)30-33-13-6-14-37(30)35-28)25-17-23-8-5-7-22(12-11-21-18-34-36(19-21)15-16-39)26(23)31(41)38(25)24-9-3-2-4-10-24/h2-10,13-14,17-20,39H,15-16H2,1H3,(H2,32,40)/t20-/m0/s1. The molecular formula is C31H25N7O3. The Labute approximate surface area is 234 Å². The zero-order valence-corrected chi connectivity index (χ0v) is 22.1. The molecule has 0 saturated heterocycles. The van der Waals surface area contributed by atoms with Crippen LogP contribution in [-0.4, -0.2) is 46.6 Å². The van der Waals surface area contributed by atoms with E-state index in [1.165, 1.54) is 4.52 Å². The number of aliphatic hydroxyl groups excluding tert-OH is 1. The van der Waals surface area contributed by atoms with Crippen LogP contribution in [0.4, 0.5) is 0 Å². The van der Waals surface area contributed by atoms with E-state index >= 15 is 0 Å². The van der Waals surface area contributed by atoms with Crippen molar-refractivity contribution in [2.45, 2.75) is 19.4 Å². The van der Waals surface area contributed by atoms with E-state index in [2.05, 4.69) is 27.0 Å². The molecule has 0 bridgehead atoms. The van der Waals surface area contributed by atoms with Gasteiger partial charge in [-0.1, -0.05) is 49.1 Å². The van der Waals surface area contributed by atoms with Gasteiger partial charge in [0, 0.05) is 41.5 Å². The van der Waals surface area contributed by atoms with E-state index in [0.717, 1.165) is 0 Å². The molecule has 0 unspecified atom stereocenters. The smallest absolute Gasteiger partial charge is 0.264 e. The Hall–Kier alpha value is -5.53. The minimum atomic E-state index is -0.644. The van der Waals surface area contributed by atoms with Crippen molar-refractivity contribution in [1.82, 2.24) is 28.9 Å². The first-order valence-corrected chi connectivity index (χ1v) is 13.0. The third kappa shape index (κ3) is 4.64. The van der Waals surface area contributed by atoms with E-state index in [1.807, 2.05) is 61.5 Å². The molecule has 0 aliphatic heterocycles. The molecule has 1 amide bonds. The van der Waals surface area contributed by atoms with Gasteiger partial charge < -0.3 is 10.8 Å². The molecule has 10 heteroatoms. The van der Waals surface area contributed by atoms with E-state index in [1.54, 1.807) is 40.1 Å². The number of nitrogens with zero attached hydrogens (tertiary/aromatic N) is 6. The van der Waals surface area contributed by atoms with Crippen molar-refractivity contribution in [3.8, 4) is 17.5 Å². The quantitative estimate of drug-likeness (QED) is 0.311. The van der Waals surface area contributed by atoms with E-state index in [-0.39, 0.29) is 17.7 Å². The lowest BCUT2D eigenvalue weighted by molar-refractivity contribution is 0.100. The summed E-state index contributed by atoms with van der Waals surface area (Å²) in [6.45, 7) is 2.24. The molecule has 0 saturated carbocycles. The molecule has 202 valence electrons. The summed E-state index contributed by atoms with van der Waals surface area (Å²) in [5, 5.41) is 19.2. The SMILES string of the molecule is C[C@H](c1nn2cccnc2c1C(N)=O)c1cc2cccc(C#Cc3cnn(CCO)c3)c2c(=O)n1-c1ccccc1. The van der Waals surface area contributed by atoms with Crippen LogP contribution in [-0.2, 0) is 6.54 Å². The Morgan fingerprint density at radius 2 is 1.93 bits per heavy atom. The number of aromatic nitrogens is 6. The van der Waals surface area contributed by atoms with Crippen molar-refractivity contribution in [3.05, 3.63) is 124 Å². The number of hydrogen-bond donors (Lipinski definition) is 2. The number of amides is 1.